The first-order valence-electron chi connectivity index (χ1n) is 6.11. The van der Waals surface area contributed by atoms with E-state index in [4.69, 9.17) is 10.00 Å². The van der Waals surface area contributed by atoms with Gasteiger partial charge in [0.25, 0.3) is 0 Å². The van der Waals surface area contributed by atoms with Crippen LogP contribution in [0.5, 0.6) is 0 Å². The largest absolute Gasteiger partial charge is 0.445 e. The third-order valence-electron chi connectivity index (χ3n) is 2.96. The summed E-state index contributed by atoms with van der Waals surface area (Å²) in [5.74, 6) is 0. The van der Waals surface area contributed by atoms with Gasteiger partial charge in [-0.25, -0.2) is 4.79 Å². The predicted octanol–water partition coefficient (Wildman–Crippen LogP) is 2.70. The van der Waals surface area contributed by atoms with Gasteiger partial charge in [-0.15, -0.1) is 0 Å². The Hall–Kier alpha value is -2.02. The summed E-state index contributed by atoms with van der Waals surface area (Å²) in [5.41, 5.74) is 0.950. The van der Waals surface area contributed by atoms with Crippen LogP contribution >= 0.6 is 0 Å². The SMILES string of the molecule is CC(C#N)N(C(=O)OCc1ccccc1)C1CC1. The minimum Gasteiger partial charge on any atom is -0.445 e. The third kappa shape index (κ3) is 3.01. The normalized spacial score (nSPS) is 15.6. The van der Waals surface area contributed by atoms with E-state index in [0.717, 1.165) is 18.4 Å². The van der Waals surface area contributed by atoms with Crippen LogP contribution < -0.4 is 0 Å². The van der Waals surface area contributed by atoms with E-state index in [9.17, 15) is 4.79 Å². The van der Waals surface area contributed by atoms with Gasteiger partial charge >= 0.3 is 6.09 Å². The van der Waals surface area contributed by atoms with Crippen LogP contribution in [0.1, 0.15) is 25.3 Å². The molecule has 94 valence electrons. The fourth-order valence-electron chi connectivity index (χ4n) is 1.83. The second-order valence-corrected chi connectivity index (χ2v) is 4.48. The van der Waals surface area contributed by atoms with E-state index in [0.29, 0.717) is 0 Å². The first-order valence-corrected chi connectivity index (χ1v) is 6.11. The average Bonchev–Trinajstić information content (AvgIpc) is 3.22. The highest BCUT2D eigenvalue weighted by molar-refractivity contribution is 5.69. The number of benzene rings is 1. The molecule has 4 heteroatoms. The number of carbonyl (C=O) groups excluding carboxylic acids is 1. The van der Waals surface area contributed by atoms with Crippen LogP contribution in [-0.2, 0) is 11.3 Å². The van der Waals surface area contributed by atoms with Gasteiger partial charge in [-0.1, -0.05) is 30.3 Å². The molecule has 0 spiro atoms. The molecule has 1 aliphatic rings. The summed E-state index contributed by atoms with van der Waals surface area (Å²) in [6.45, 7) is 1.98. The zero-order valence-corrected chi connectivity index (χ0v) is 10.4. The summed E-state index contributed by atoms with van der Waals surface area (Å²) in [7, 11) is 0. The fraction of sp³-hybridized carbons (Fsp3) is 0.429. The van der Waals surface area contributed by atoms with Crippen molar-refractivity contribution in [2.24, 2.45) is 0 Å². The van der Waals surface area contributed by atoms with Gasteiger partial charge in [-0.05, 0) is 25.3 Å². The first-order chi connectivity index (χ1) is 8.72. The molecule has 1 aliphatic carbocycles. The van der Waals surface area contributed by atoms with Crippen molar-refractivity contribution < 1.29 is 9.53 Å². The molecule has 1 fully saturated rings. The molecule has 1 aromatic carbocycles. The minimum atomic E-state index is -0.430. The molecule has 1 amide bonds. The van der Waals surface area contributed by atoms with E-state index in [1.165, 1.54) is 0 Å². The molecule has 0 saturated heterocycles. The van der Waals surface area contributed by atoms with Crippen LogP contribution in [0, 0.1) is 11.3 Å². The highest BCUT2D eigenvalue weighted by Gasteiger charge is 2.36. The van der Waals surface area contributed by atoms with E-state index >= 15 is 0 Å². The molecule has 1 saturated carbocycles. The van der Waals surface area contributed by atoms with E-state index < -0.39 is 12.1 Å². The summed E-state index contributed by atoms with van der Waals surface area (Å²) in [4.78, 5) is 13.5. The van der Waals surface area contributed by atoms with Crippen molar-refractivity contribution in [2.45, 2.75) is 38.5 Å². The molecule has 1 unspecified atom stereocenters. The van der Waals surface area contributed by atoms with E-state index in [1.807, 2.05) is 30.3 Å². The van der Waals surface area contributed by atoms with Gasteiger partial charge < -0.3 is 4.74 Å². The first kappa shape index (κ1) is 12.4. The quantitative estimate of drug-likeness (QED) is 0.818. The maximum atomic E-state index is 12.0. The van der Waals surface area contributed by atoms with Crippen molar-refractivity contribution in [2.75, 3.05) is 0 Å². The average molecular weight is 244 g/mol. The van der Waals surface area contributed by atoms with Crippen LogP contribution in [0.4, 0.5) is 4.79 Å². The van der Waals surface area contributed by atoms with Gasteiger partial charge in [0.05, 0.1) is 6.07 Å². The molecule has 1 atom stereocenters. The second-order valence-electron chi connectivity index (χ2n) is 4.48. The summed E-state index contributed by atoms with van der Waals surface area (Å²) in [6, 6.07) is 11.4. The second kappa shape index (κ2) is 5.54. The van der Waals surface area contributed by atoms with E-state index in [2.05, 4.69) is 6.07 Å². The Morgan fingerprint density at radius 1 is 1.50 bits per heavy atom. The number of ether oxygens (including phenoxy) is 1. The Balaban J connectivity index is 1.92. The van der Waals surface area contributed by atoms with Crippen molar-refractivity contribution in [3.8, 4) is 6.07 Å². The molecule has 0 radical (unpaired) electrons. The third-order valence-corrected chi connectivity index (χ3v) is 2.96. The molecule has 0 N–H and O–H groups in total. The lowest BCUT2D eigenvalue weighted by molar-refractivity contribution is 0.0876. The number of hydrogen-bond donors (Lipinski definition) is 0. The number of amides is 1. The smallest absolute Gasteiger partial charge is 0.411 e. The number of nitrogens with zero attached hydrogens (tertiary/aromatic N) is 2. The lowest BCUT2D eigenvalue weighted by atomic mass is 10.2. The Morgan fingerprint density at radius 3 is 2.72 bits per heavy atom. The van der Waals surface area contributed by atoms with Crippen LogP contribution in [0.25, 0.3) is 0 Å². The summed E-state index contributed by atoms with van der Waals surface area (Å²) in [6.07, 6.45) is 1.54. The molecular weight excluding hydrogens is 228 g/mol. The molecule has 0 aliphatic heterocycles. The zero-order valence-electron chi connectivity index (χ0n) is 10.4. The van der Waals surface area contributed by atoms with Gasteiger partial charge in [0, 0.05) is 6.04 Å². The molecule has 4 nitrogen and oxygen atoms in total. The van der Waals surface area contributed by atoms with Gasteiger partial charge in [0.15, 0.2) is 0 Å². The highest BCUT2D eigenvalue weighted by atomic mass is 16.6. The number of carbonyl (C=O) groups is 1. The summed E-state index contributed by atoms with van der Waals surface area (Å²) < 4.78 is 5.25. The topological polar surface area (TPSA) is 53.3 Å². The molecule has 0 bridgehead atoms. The summed E-state index contributed by atoms with van der Waals surface area (Å²) >= 11 is 0. The van der Waals surface area contributed by atoms with Crippen molar-refractivity contribution >= 4 is 6.09 Å². The van der Waals surface area contributed by atoms with Crippen molar-refractivity contribution in [1.29, 1.82) is 5.26 Å². The van der Waals surface area contributed by atoms with Crippen molar-refractivity contribution in [1.82, 2.24) is 4.90 Å². The molecule has 2 rings (SSSR count). The Kier molecular flexibility index (Phi) is 3.83. The van der Waals surface area contributed by atoms with Crippen molar-refractivity contribution in [3.05, 3.63) is 35.9 Å². The molecule has 0 heterocycles. The Labute approximate surface area is 107 Å². The summed E-state index contributed by atoms with van der Waals surface area (Å²) in [5, 5.41) is 8.92. The number of nitriles is 1. The van der Waals surface area contributed by atoms with E-state index in [1.54, 1.807) is 11.8 Å². The Morgan fingerprint density at radius 2 is 2.17 bits per heavy atom. The standard InChI is InChI=1S/C14H16N2O2/c1-11(9-15)16(13-7-8-13)14(17)18-10-12-5-3-2-4-6-12/h2-6,11,13H,7-8,10H2,1H3. The molecule has 0 aromatic heterocycles. The number of rotatable bonds is 4. The van der Waals surface area contributed by atoms with Gasteiger partial charge in [-0.2, -0.15) is 5.26 Å². The molecule has 1 aromatic rings. The van der Waals surface area contributed by atoms with Crippen LogP contribution in [0.2, 0.25) is 0 Å². The maximum Gasteiger partial charge on any atom is 0.411 e. The zero-order chi connectivity index (χ0) is 13.0. The van der Waals surface area contributed by atoms with E-state index in [-0.39, 0.29) is 12.6 Å². The van der Waals surface area contributed by atoms with Gasteiger partial charge in [-0.3, -0.25) is 4.90 Å². The predicted molar refractivity (Wildman–Crippen MR) is 66.6 cm³/mol. The van der Waals surface area contributed by atoms with Crippen molar-refractivity contribution in [3.63, 3.8) is 0 Å². The lowest BCUT2D eigenvalue weighted by Gasteiger charge is -2.23. The molecule has 18 heavy (non-hydrogen) atoms. The van der Waals surface area contributed by atoms with Crippen LogP contribution in [-0.4, -0.2) is 23.1 Å². The lowest BCUT2D eigenvalue weighted by Crippen LogP contribution is -2.39. The van der Waals surface area contributed by atoms with Crippen LogP contribution in [0.15, 0.2) is 30.3 Å². The van der Waals surface area contributed by atoms with Gasteiger partial charge in [0.2, 0.25) is 0 Å². The fourth-order valence-corrected chi connectivity index (χ4v) is 1.83. The minimum absolute atomic E-state index is 0.183. The van der Waals surface area contributed by atoms with Gasteiger partial charge in [0.1, 0.15) is 12.6 Å². The number of hydrogen-bond acceptors (Lipinski definition) is 3. The Bertz CT molecular complexity index is 449. The highest BCUT2D eigenvalue weighted by Crippen LogP contribution is 2.29. The molecular formula is C14H16N2O2. The van der Waals surface area contributed by atoms with Crippen LogP contribution in [0.3, 0.4) is 0 Å². The monoisotopic (exact) mass is 244 g/mol. The maximum absolute atomic E-state index is 12.0.